The van der Waals surface area contributed by atoms with Crippen LogP contribution in [-0.2, 0) is 0 Å². The van der Waals surface area contributed by atoms with Crippen LogP contribution in [0.25, 0.3) is 11.2 Å². The lowest BCUT2D eigenvalue weighted by atomic mass is 10.4. The fraction of sp³-hybridized carbons (Fsp3) is 0. The Balaban J connectivity index is 2.94. The molecule has 3 N–H and O–H groups in total. The van der Waals surface area contributed by atoms with Crippen LogP contribution in [0.3, 0.4) is 0 Å². The summed E-state index contributed by atoms with van der Waals surface area (Å²) in [6.07, 6.45) is 1.52. The van der Waals surface area contributed by atoms with Gasteiger partial charge in [-0.1, -0.05) is 11.6 Å². The van der Waals surface area contributed by atoms with Gasteiger partial charge in [0.05, 0.1) is 15.8 Å². The summed E-state index contributed by atoms with van der Waals surface area (Å²) in [5, 5.41) is 0.509. The summed E-state index contributed by atoms with van der Waals surface area (Å²) >= 11 is 9.15. The van der Waals surface area contributed by atoms with E-state index in [0.29, 0.717) is 26.5 Å². The van der Waals surface area contributed by atoms with Gasteiger partial charge in [0.2, 0.25) is 0 Å². The minimum absolute atomic E-state index is 0.347. The highest BCUT2D eigenvalue weighted by Gasteiger charge is 2.10. The molecule has 0 fully saturated rings. The van der Waals surface area contributed by atoms with Crippen molar-refractivity contribution in [3.05, 3.63) is 15.8 Å². The molecule has 0 spiro atoms. The molecule has 0 aliphatic heterocycles. The van der Waals surface area contributed by atoms with Gasteiger partial charge in [0.25, 0.3) is 0 Å². The monoisotopic (exact) mass is 246 g/mol. The summed E-state index contributed by atoms with van der Waals surface area (Å²) in [7, 11) is 0. The van der Waals surface area contributed by atoms with E-state index in [1.807, 2.05) is 0 Å². The third kappa shape index (κ3) is 0.971. The molecular weight excluding hydrogens is 243 g/mol. The minimum Gasteiger partial charge on any atom is -0.383 e. The van der Waals surface area contributed by atoms with Gasteiger partial charge in [-0.3, -0.25) is 0 Å². The van der Waals surface area contributed by atoms with E-state index in [9.17, 15) is 0 Å². The number of anilines is 1. The zero-order valence-electron chi connectivity index (χ0n) is 5.81. The summed E-state index contributed by atoms with van der Waals surface area (Å²) < 4.78 is 0.598. The SMILES string of the molecule is Nc1nc2nc[nH]c2c(Cl)c1Br. The van der Waals surface area contributed by atoms with Crippen molar-refractivity contribution in [2.24, 2.45) is 0 Å². The number of aromatic amines is 1. The Morgan fingerprint density at radius 3 is 3.08 bits per heavy atom. The smallest absolute Gasteiger partial charge is 0.181 e. The van der Waals surface area contributed by atoms with Crippen LogP contribution >= 0.6 is 27.5 Å². The van der Waals surface area contributed by atoms with Gasteiger partial charge < -0.3 is 10.7 Å². The van der Waals surface area contributed by atoms with Crippen LogP contribution in [0.1, 0.15) is 0 Å². The quantitative estimate of drug-likeness (QED) is 0.748. The van der Waals surface area contributed by atoms with Crippen LogP contribution in [0.4, 0.5) is 5.82 Å². The van der Waals surface area contributed by atoms with Crippen LogP contribution < -0.4 is 5.73 Å². The Bertz CT molecular complexity index is 438. The number of nitrogens with one attached hydrogen (secondary N) is 1. The Kier molecular flexibility index (Phi) is 1.69. The molecular formula is C6H4BrClN4. The number of pyridine rings is 1. The second-order valence-electron chi connectivity index (χ2n) is 2.23. The van der Waals surface area contributed by atoms with E-state index in [2.05, 4.69) is 30.9 Å². The van der Waals surface area contributed by atoms with Gasteiger partial charge in [0.1, 0.15) is 11.3 Å². The van der Waals surface area contributed by atoms with Crippen LogP contribution in [0.5, 0.6) is 0 Å². The van der Waals surface area contributed by atoms with Gasteiger partial charge in [-0.15, -0.1) is 0 Å². The topological polar surface area (TPSA) is 67.6 Å². The highest BCUT2D eigenvalue weighted by molar-refractivity contribution is 9.10. The molecule has 0 aromatic carbocycles. The average Bonchev–Trinajstić information content (AvgIpc) is 2.48. The third-order valence-electron chi connectivity index (χ3n) is 1.48. The largest absolute Gasteiger partial charge is 0.383 e. The van der Waals surface area contributed by atoms with Crippen LogP contribution in [0.15, 0.2) is 10.8 Å². The molecule has 2 aromatic rings. The van der Waals surface area contributed by atoms with Crippen molar-refractivity contribution in [1.82, 2.24) is 15.0 Å². The number of fused-ring (bicyclic) bond motifs is 1. The number of H-pyrrole nitrogens is 1. The van der Waals surface area contributed by atoms with E-state index in [4.69, 9.17) is 17.3 Å². The van der Waals surface area contributed by atoms with Crippen molar-refractivity contribution in [1.29, 1.82) is 0 Å². The molecule has 2 aromatic heterocycles. The maximum absolute atomic E-state index is 5.93. The highest BCUT2D eigenvalue weighted by Crippen LogP contribution is 2.31. The van der Waals surface area contributed by atoms with Gasteiger partial charge in [-0.25, -0.2) is 9.97 Å². The van der Waals surface area contributed by atoms with E-state index >= 15 is 0 Å². The van der Waals surface area contributed by atoms with Gasteiger partial charge >= 0.3 is 0 Å². The van der Waals surface area contributed by atoms with E-state index in [1.165, 1.54) is 6.33 Å². The fourth-order valence-electron chi connectivity index (χ4n) is 0.919. The third-order valence-corrected chi connectivity index (χ3v) is 2.89. The molecule has 6 heteroatoms. The van der Waals surface area contributed by atoms with Crippen LogP contribution in [0, 0.1) is 0 Å². The summed E-state index contributed by atoms with van der Waals surface area (Å²) in [6.45, 7) is 0. The van der Waals surface area contributed by atoms with Gasteiger partial charge in [-0.2, -0.15) is 0 Å². The molecule has 0 radical (unpaired) electrons. The van der Waals surface area contributed by atoms with Gasteiger partial charge in [0.15, 0.2) is 5.65 Å². The molecule has 12 heavy (non-hydrogen) atoms. The van der Waals surface area contributed by atoms with Crippen molar-refractivity contribution >= 4 is 44.5 Å². The zero-order valence-corrected chi connectivity index (χ0v) is 8.15. The molecule has 2 heterocycles. The van der Waals surface area contributed by atoms with E-state index in [0.717, 1.165) is 0 Å². The van der Waals surface area contributed by atoms with E-state index in [-0.39, 0.29) is 0 Å². The minimum atomic E-state index is 0.347. The first-order valence-electron chi connectivity index (χ1n) is 3.13. The number of hydrogen-bond acceptors (Lipinski definition) is 3. The normalized spacial score (nSPS) is 10.8. The molecule has 0 aliphatic carbocycles. The second kappa shape index (κ2) is 2.60. The van der Waals surface area contributed by atoms with Crippen molar-refractivity contribution < 1.29 is 0 Å². The van der Waals surface area contributed by atoms with E-state index < -0.39 is 0 Å². The maximum Gasteiger partial charge on any atom is 0.181 e. The lowest BCUT2D eigenvalue weighted by molar-refractivity contribution is 1.30. The lowest BCUT2D eigenvalue weighted by Crippen LogP contribution is -1.92. The molecule has 0 saturated heterocycles. The number of nitrogen functional groups attached to an aromatic ring is 1. The number of nitrogens with two attached hydrogens (primary N) is 1. The number of imidazole rings is 1. The summed E-state index contributed by atoms with van der Waals surface area (Å²) in [4.78, 5) is 10.8. The van der Waals surface area contributed by atoms with Crippen molar-refractivity contribution in [3.8, 4) is 0 Å². The second-order valence-corrected chi connectivity index (χ2v) is 3.40. The summed E-state index contributed by atoms with van der Waals surface area (Å²) in [5.74, 6) is 0.347. The fourth-order valence-corrected chi connectivity index (χ4v) is 1.44. The summed E-state index contributed by atoms with van der Waals surface area (Å²) in [5.41, 5.74) is 6.77. The Morgan fingerprint density at radius 1 is 1.58 bits per heavy atom. The van der Waals surface area contributed by atoms with Gasteiger partial charge in [-0.05, 0) is 15.9 Å². The molecule has 62 valence electrons. The molecule has 0 aliphatic rings. The van der Waals surface area contributed by atoms with Crippen LogP contribution in [0.2, 0.25) is 5.02 Å². The molecule has 0 amide bonds. The van der Waals surface area contributed by atoms with E-state index in [1.54, 1.807) is 0 Å². The van der Waals surface area contributed by atoms with Crippen LogP contribution in [-0.4, -0.2) is 15.0 Å². The maximum atomic E-state index is 5.93. The number of hydrogen-bond donors (Lipinski definition) is 2. The lowest BCUT2D eigenvalue weighted by Gasteiger charge is -1.99. The van der Waals surface area contributed by atoms with Crippen molar-refractivity contribution in [3.63, 3.8) is 0 Å². The van der Waals surface area contributed by atoms with Crippen molar-refractivity contribution in [2.75, 3.05) is 5.73 Å². The Hall–Kier alpha value is -0.810. The molecule has 2 rings (SSSR count). The highest BCUT2D eigenvalue weighted by atomic mass is 79.9. The Labute approximate surface area is 81.3 Å². The predicted octanol–water partition coefficient (Wildman–Crippen LogP) is 1.96. The summed E-state index contributed by atoms with van der Waals surface area (Å²) in [6, 6.07) is 0. The molecule has 0 saturated carbocycles. The number of nitrogens with zero attached hydrogens (tertiary/aromatic N) is 2. The molecule has 0 atom stereocenters. The van der Waals surface area contributed by atoms with Gasteiger partial charge in [0, 0.05) is 0 Å². The molecule has 0 bridgehead atoms. The standard InChI is InChI=1S/C6H4BrClN4/c7-2-3(8)4-6(11-1-10-4)12-5(2)9/h1H,(H3,9,10,11,12). The first-order valence-corrected chi connectivity index (χ1v) is 4.31. The first-order chi connectivity index (χ1) is 5.70. The first kappa shape index (κ1) is 7.82. The zero-order chi connectivity index (χ0) is 8.72. The predicted molar refractivity (Wildman–Crippen MR) is 51.0 cm³/mol. The van der Waals surface area contributed by atoms with Crippen molar-refractivity contribution in [2.45, 2.75) is 0 Å². The molecule has 0 unspecified atom stereocenters. The number of halogens is 2. The number of aromatic nitrogens is 3. The Morgan fingerprint density at radius 2 is 2.33 bits per heavy atom. The number of rotatable bonds is 0. The average molecular weight is 247 g/mol. The molecule has 4 nitrogen and oxygen atoms in total.